The molecule has 0 saturated heterocycles. The standard InChI is InChI=1S/C23H17ClN4/c24-23-11-20(27-14-22(23)19-4-2-1-3-5-19)15-28-16-26-13-21(28)10-17-6-8-18(12-25)9-7-17/h1-9,11,13-14,16H,10,15H2. The predicted octanol–water partition coefficient (Wildman–Crippen LogP) is 5.11. The van der Waals surface area contributed by atoms with E-state index in [0.29, 0.717) is 17.1 Å². The second kappa shape index (κ2) is 8.08. The highest BCUT2D eigenvalue weighted by atomic mass is 35.5. The first-order chi connectivity index (χ1) is 13.7. The second-order valence-corrected chi connectivity index (χ2v) is 6.93. The molecule has 0 radical (unpaired) electrons. The maximum atomic E-state index is 8.93. The summed E-state index contributed by atoms with van der Waals surface area (Å²) in [5, 5.41) is 9.61. The molecule has 0 amide bonds. The lowest BCUT2D eigenvalue weighted by Crippen LogP contribution is -2.05. The van der Waals surface area contributed by atoms with Crippen LogP contribution in [0.25, 0.3) is 11.1 Å². The summed E-state index contributed by atoms with van der Waals surface area (Å²) in [6.07, 6.45) is 6.23. The summed E-state index contributed by atoms with van der Waals surface area (Å²) in [5.74, 6) is 0. The molecular formula is C23H17ClN4. The lowest BCUT2D eigenvalue weighted by molar-refractivity contribution is 0.735. The first-order valence-electron chi connectivity index (χ1n) is 8.91. The number of imidazole rings is 1. The van der Waals surface area contributed by atoms with Crippen LogP contribution in [0.5, 0.6) is 0 Å². The minimum atomic E-state index is 0.598. The van der Waals surface area contributed by atoms with Gasteiger partial charge in [0.25, 0.3) is 0 Å². The number of rotatable bonds is 5. The van der Waals surface area contributed by atoms with Crippen molar-refractivity contribution < 1.29 is 0 Å². The van der Waals surface area contributed by atoms with E-state index in [1.807, 2.05) is 73.1 Å². The molecule has 2 aromatic heterocycles. The molecule has 2 heterocycles. The number of benzene rings is 2. The van der Waals surface area contributed by atoms with E-state index in [1.54, 1.807) is 6.33 Å². The number of aromatic nitrogens is 3. The van der Waals surface area contributed by atoms with Crippen LogP contribution in [0.3, 0.4) is 0 Å². The fourth-order valence-corrected chi connectivity index (χ4v) is 3.39. The third kappa shape index (κ3) is 3.95. The average Bonchev–Trinajstić information content (AvgIpc) is 3.16. The highest BCUT2D eigenvalue weighted by Gasteiger charge is 2.09. The van der Waals surface area contributed by atoms with E-state index in [2.05, 4.69) is 20.6 Å². The molecule has 0 unspecified atom stereocenters. The SMILES string of the molecule is N#Cc1ccc(Cc2cncn2Cc2cc(Cl)c(-c3ccccc3)cn2)cc1. The Kier molecular flexibility index (Phi) is 5.18. The van der Waals surface area contributed by atoms with Crippen LogP contribution in [0.2, 0.25) is 5.02 Å². The van der Waals surface area contributed by atoms with Gasteiger partial charge in [0.1, 0.15) is 0 Å². The Morgan fingerprint density at radius 2 is 1.79 bits per heavy atom. The Labute approximate surface area is 168 Å². The summed E-state index contributed by atoms with van der Waals surface area (Å²) in [6, 6.07) is 21.7. The summed E-state index contributed by atoms with van der Waals surface area (Å²) in [7, 11) is 0. The van der Waals surface area contributed by atoms with Crippen molar-refractivity contribution in [2.24, 2.45) is 0 Å². The summed E-state index contributed by atoms with van der Waals surface area (Å²) in [6.45, 7) is 0.598. The molecule has 5 heteroatoms. The van der Waals surface area contributed by atoms with Crippen molar-refractivity contribution in [1.82, 2.24) is 14.5 Å². The zero-order valence-corrected chi connectivity index (χ0v) is 15.8. The Hall–Kier alpha value is -3.42. The normalized spacial score (nSPS) is 10.6. The molecule has 0 spiro atoms. The third-order valence-electron chi connectivity index (χ3n) is 4.59. The largest absolute Gasteiger partial charge is 0.328 e. The number of nitrogens with zero attached hydrogens (tertiary/aromatic N) is 4. The molecule has 0 N–H and O–H groups in total. The van der Waals surface area contributed by atoms with E-state index in [9.17, 15) is 0 Å². The average molecular weight is 385 g/mol. The Morgan fingerprint density at radius 1 is 1.00 bits per heavy atom. The molecule has 0 saturated carbocycles. The van der Waals surface area contributed by atoms with Gasteiger partial charge in [-0.2, -0.15) is 5.26 Å². The Balaban J connectivity index is 1.53. The molecule has 4 aromatic rings. The van der Waals surface area contributed by atoms with Crippen molar-refractivity contribution in [3.05, 3.63) is 107 Å². The van der Waals surface area contributed by atoms with Gasteiger partial charge in [0, 0.05) is 30.1 Å². The van der Waals surface area contributed by atoms with E-state index in [4.69, 9.17) is 16.9 Å². The lowest BCUT2D eigenvalue weighted by atomic mass is 10.1. The Bertz CT molecular complexity index is 1130. The van der Waals surface area contributed by atoms with Crippen molar-refractivity contribution >= 4 is 11.6 Å². The van der Waals surface area contributed by atoms with Gasteiger partial charge in [0.05, 0.1) is 35.2 Å². The van der Waals surface area contributed by atoms with Crippen LogP contribution in [-0.2, 0) is 13.0 Å². The topological polar surface area (TPSA) is 54.5 Å². The van der Waals surface area contributed by atoms with Crippen molar-refractivity contribution in [3.63, 3.8) is 0 Å². The van der Waals surface area contributed by atoms with Crippen molar-refractivity contribution in [3.8, 4) is 17.2 Å². The van der Waals surface area contributed by atoms with E-state index in [0.717, 1.165) is 34.5 Å². The summed E-state index contributed by atoms with van der Waals surface area (Å²) in [4.78, 5) is 8.88. The van der Waals surface area contributed by atoms with Gasteiger partial charge in [-0.1, -0.05) is 54.1 Å². The van der Waals surface area contributed by atoms with Crippen LogP contribution in [0.4, 0.5) is 0 Å². The number of nitriles is 1. The molecule has 136 valence electrons. The molecular weight excluding hydrogens is 368 g/mol. The maximum Gasteiger partial charge on any atom is 0.0991 e. The quantitative estimate of drug-likeness (QED) is 0.480. The maximum absolute atomic E-state index is 8.93. The number of halogens is 1. The van der Waals surface area contributed by atoms with Gasteiger partial charge >= 0.3 is 0 Å². The van der Waals surface area contributed by atoms with Gasteiger partial charge in [-0.25, -0.2) is 4.98 Å². The van der Waals surface area contributed by atoms with Gasteiger partial charge in [0.15, 0.2) is 0 Å². The number of pyridine rings is 1. The fourth-order valence-electron chi connectivity index (χ4n) is 3.11. The first kappa shape index (κ1) is 18.0. The van der Waals surface area contributed by atoms with Crippen molar-refractivity contribution in [2.45, 2.75) is 13.0 Å². The van der Waals surface area contributed by atoms with Crippen LogP contribution < -0.4 is 0 Å². The van der Waals surface area contributed by atoms with Gasteiger partial charge in [-0.15, -0.1) is 0 Å². The zero-order chi connectivity index (χ0) is 19.3. The van der Waals surface area contributed by atoms with Gasteiger partial charge in [-0.05, 0) is 29.3 Å². The van der Waals surface area contributed by atoms with Crippen molar-refractivity contribution in [1.29, 1.82) is 5.26 Å². The third-order valence-corrected chi connectivity index (χ3v) is 4.91. The molecule has 4 rings (SSSR count). The molecule has 0 aliphatic carbocycles. The smallest absolute Gasteiger partial charge is 0.0991 e. The van der Waals surface area contributed by atoms with E-state index >= 15 is 0 Å². The minimum Gasteiger partial charge on any atom is -0.328 e. The predicted molar refractivity (Wildman–Crippen MR) is 110 cm³/mol. The molecule has 0 atom stereocenters. The van der Waals surface area contributed by atoms with E-state index in [1.165, 1.54) is 0 Å². The van der Waals surface area contributed by atoms with Crippen LogP contribution in [0.15, 0.2) is 79.4 Å². The van der Waals surface area contributed by atoms with Crippen LogP contribution >= 0.6 is 11.6 Å². The second-order valence-electron chi connectivity index (χ2n) is 6.52. The summed E-state index contributed by atoms with van der Waals surface area (Å²) in [5.41, 5.74) is 5.73. The molecule has 4 nitrogen and oxygen atoms in total. The van der Waals surface area contributed by atoms with Crippen LogP contribution in [-0.4, -0.2) is 14.5 Å². The zero-order valence-electron chi connectivity index (χ0n) is 15.1. The van der Waals surface area contributed by atoms with Crippen molar-refractivity contribution in [2.75, 3.05) is 0 Å². The number of hydrogen-bond acceptors (Lipinski definition) is 3. The molecule has 28 heavy (non-hydrogen) atoms. The molecule has 0 aliphatic heterocycles. The highest BCUT2D eigenvalue weighted by Crippen LogP contribution is 2.27. The fraction of sp³-hybridized carbons (Fsp3) is 0.0870. The van der Waals surface area contributed by atoms with E-state index in [-0.39, 0.29) is 0 Å². The highest BCUT2D eigenvalue weighted by molar-refractivity contribution is 6.33. The first-order valence-corrected chi connectivity index (χ1v) is 9.28. The van der Waals surface area contributed by atoms with Crippen LogP contribution in [0.1, 0.15) is 22.5 Å². The lowest BCUT2D eigenvalue weighted by Gasteiger charge is -2.10. The monoisotopic (exact) mass is 384 g/mol. The molecule has 0 aliphatic rings. The molecule has 0 bridgehead atoms. The molecule has 2 aromatic carbocycles. The minimum absolute atomic E-state index is 0.598. The van der Waals surface area contributed by atoms with Crippen LogP contribution in [0, 0.1) is 11.3 Å². The van der Waals surface area contributed by atoms with Gasteiger partial charge in [-0.3, -0.25) is 4.98 Å². The van der Waals surface area contributed by atoms with Gasteiger partial charge in [0.2, 0.25) is 0 Å². The van der Waals surface area contributed by atoms with E-state index < -0.39 is 0 Å². The number of hydrogen-bond donors (Lipinski definition) is 0. The summed E-state index contributed by atoms with van der Waals surface area (Å²) < 4.78 is 2.07. The Morgan fingerprint density at radius 3 is 2.50 bits per heavy atom. The van der Waals surface area contributed by atoms with Gasteiger partial charge < -0.3 is 4.57 Å². The molecule has 0 fully saturated rings. The summed E-state index contributed by atoms with van der Waals surface area (Å²) >= 11 is 6.51.